The van der Waals surface area contributed by atoms with E-state index in [2.05, 4.69) is 35.8 Å². The van der Waals surface area contributed by atoms with Gasteiger partial charge in [0.25, 0.3) is 0 Å². The number of nitrogens with zero attached hydrogens (tertiary/aromatic N) is 2. The molecule has 0 saturated heterocycles. The van der Waals surface area contributed by atoms with Crippen molar-refractivity contribution in [1.29, 1.82) is 0 Å². The van der Waals surface area contributed by atoms with Crippen molar-refractivity contribution in [2.75, 3.05) is 47.4 Å². The standard InChI is InChI=1S/C7H19N3O/c1-9(2)4-5-10(3)6-7-11-8/h4-8H2,1-3H3. The highest BCUT2D eigenvalue weighted by Gasteiger charge is 1.97. The fourth-order valence-electron chi connectivity index (χ4n) is 0.691. The van der Waals surface area contributed by atoms with Gasteiger partial charge in [0.15, 0.2) is 0 Å². The van der Waals surface area contributed by atoms with E-state index in [-0.39, 0.29) is 0 Å². The second-order valence-corrected chi connectivity index (χ2v) is 2.98. The molecular formula is C7H19N3O. The molecule has 11 heavy (non-hydrogen) atoms. The SMILES string of the molecule is CN(C)CCN(C)CCON. The molecule has 0 atom stereocenters. The van der Waals surface area contributed by atoms with E-state index < -0.39 is 0 Å². The average Bonchev–Trinajstić information content (AvgIpc) is 1.97. The molecule has 0 spiro atoms. The number of likely N-dealkylation sites (N-methyl/N-ethyl adjacent to an activating group) is 2. The van der Waals surface area contributed by atoms with Crippen molar-refractivity contribution in [3.63, 3.8) is 0 Å². The maximum atomic E-state index is 4.90. The van der Waals surface area contributed by atoms with Crippen LogP contribution in [0.4, 0.5) is 0 Å². The third-order valence-corrected chi connectivity index (χ3v) is 1.52. The van der Waals surface area contributed by atoms with Gasteiger partial charge < -0.3 is 14.6 Å². The molecule has 0 aromatic rings. The molecule has 0 unspecified atom stereocenters. The van der Waals surface area contributed by atoms with Crippen LogP contribution in [0.2, 0.25) is 0 Å². The van der Waals surface area contributed by atoms with Gasteiger partial charge in [-0.25, -0.2) is 5.90 Å². The van der Waals surface area contributed by atoms with Gasteiger partial charge >= 0.3 is 0 Å². The van der Waals surface area contributed by atoms with Gasteiger partial charge in [-0.1, -0.05) is 0 Å². The molecule has 4 nitrogen and oxygen atoms in total. The Balaban J connectivity index is 3.15. The molecule has 0 radical (unpaired) electrons. The zero-order valence-electron chi connectivity index (χ0n) is 7.71. The van der Waals surface area contributed by atoms with Gasteiger partial charge in [-0.2, -0.15) is 0 Å². The quantitative estimate of drug-likeness (QED) is 0.527. The smallest absolute Gasteiger partial charge is 0.0806 e. The second-order valence-electron chi connectivity index (χ2n) is 2.98. The highest BCUT2D eigenvalue weighted by molar-refractivity contribution is 4.52. The highest BCUT2D eigenvalue weighted by Crippen LogP contribution is 1.82. The summed E-state index contributed by atoms with van der Waals surface area (Å²) >= 11 is 0. The molecule has 0 aliphatic heterocycles. The predicted molar refractivity (Wildman–Crippen MR) is 46.2 cm³/mol. The molecular weight excluding hydrogens is 142 g/mol. The number of hydrogen-bond acceptors (Lipinski definition) is 4. The van der Waals surface area contributed by atoms with Crippen molar-refractivity contribution in [3.05, 3.63) is 0 Å². The minimum absolute atomic E-state index is 0.601. The van der Waals surface area contributed by atoms with Gasteiger partial charge in [0.1, 0.15) is 0 Å². The summed E-state index contributed by atoms with van der Waals surface area (Å²) in [5.41, 5.74) is 0. The van der Waals surface area contributed by atoms with Crippen LogP contribution in [0.25, 0.3) is 0 Å². The molecule has 0 fully saturated rings. The number of nitrogens with two attached hydrogens (primary N) is 1. The summed E-state index contributed by atoms with van der Waals surface area (Å²) in [5, 5.41) is 0. The molecule has 0 aromatic carbocycles. The lowest BCUT2D eigenvalue weighted by atomic mass is 10.5. The maximum absolute atomic E-state index is 4.90. The first-order valence-electron chi connectivity index (χ1n) is 3.81. The van der Waals surface area contributed by atoms with Gasteiger partial charge in [0.2, 0.25) is 0 Å². The first-order chi connectivity index (χ1) is 5.16. The van der Waals surface area contributed by atoms with Crippen molar-refractivity contribution >= 4 is 0 Å². The Morgan fingerprint density at radius 1 is 1.09 bits per heavy atom. The Hall–Kier alpha value is -0.160. The van der Waals surface area contributed by atoms with Gasteiger partial charge in [-0.15, -0.1) is 0 Å². The fraction of sp³-hybridized carbons (Fsp3) is 1.00. The van der Waals surface area contributed by atoms with Crippen LogP contribution in [-0.2, 0) is 4.84 Å². The molecule has 2 N–H and O–H groups in total. The van der Waals surface area contributed by atoms with Crippen LogP contribution in [0.5, 0.6) is 0 Å². The Kier molecular flexibility index (Phi) is 6.45. The van der Waals surface area contributed by atoms with Crippen molar-refractivity contribution in [2.24, 2.45) is 5.90 Å². The Morgan fingerprint density at radius 3 is 2.18 bits per heavy atom. The zero-order valence-corrected chi connectivity index (χ0v) is 7.71. The van der Waals surface area contributed by atoms with Crippen molar-refractivity contribution in [3.8, 4) is 0 Å². The molecule has 0 aromatic heterocycles. The molecule has 0 heterocycles. The lowest BCUT2D eigenvalue weighted by molar-refractivity contribution is 0.111. The summed E-state index contributed by atoms with van der Waals surface area (Å²) in [7, 11) is 6.18. The summed E-state index contributed by atoms with van der Waals surface area (Å²) in [4.78, 5) is 8.80. The minimum Gasteiger partial charge on any atom is -0.308 e. The topological polar surface area (TPSA) is 41.7 Å². The molecule has 68 valence electrons. The van der Waals surface area contributed by atoms with E-state index in [9.17, 15) is 0 Å². The Bertz CT molecular complexity index is 87.8. The van der Waals surface area contributed by atoms with Crippen LogP contribution >= 0.6 is 0 Å². The zero-order chi connectivity index (χ0) is 8.69. The third-order valence-electron chi connectivity index (χ3n) is 1.52. The first kappa shape index (κ1) is 10.8. The van der Waals surface area contributed by atoms with Crippen molar-refractivity contribution < 1.29 is 4.84 Å². The summed E-state index contributed by atoms with van der Waals surface area (Å²) in [6.07, 6.45) is 0. The van der Waals surface area contributed by atoms with E-state index in [1.54, 1.807) is 0 Å². The average molecular weight is 161 g/mol. The van der Waals surface area contributed by atoms with E-state index in [4.69, 9.17) is 5.90 Å². The molecule has 0 aliphatic rings. The summed E-state index contributed by atoms with van der Waals surface area (Å²) < 4.78 is 0. The summed E-state index contributed by atoms with van der Waals surface area (Å²) in [6, 6.07) is 0. The first-order valence-corrected chi connectivity index (χ1v) is 3.81. The normalized spacial score (nSPS) is 11.5. The van der Waals surface area contributed by atoms with Gasteiger partial charge in [0, 0.05) is 19.6 Å². The van der Waals surface area contributed by atoms with Gasteiger partial charge in [0.05, 0.1) is 6.61 Å². The van der Waals surface area contributed by atoms with E-state index >= 15 is 0 Å². The predicted octanol–water partition coefficient (Wildman–Crippen LogP) is -0.630. The molecule has 0 amide bonds. The van der Waals surface area contributed by atoms with E-state index in [1.165, 1.54) is 0 Å². The van der Waals surface area contributed by atoms with E-state index in [1.807, 2.05) is 0 Å². The van der Waals surface area contributed by atoms with E-state index in [0.717, 1.165) is 19.6 Å². The molecule has 0 bridgehead atoms. The van der Waals surface area contributed by atoms with Gasteiger partial charge in [-0.3, -0.25) is 0 Å². The third kappa shape index (κ3) is 7.74. The van der Waals surface area contributed by atoms with Crippen LogP contribution in [0.3, 0.4) is 0 Å². The number of hydrogen-bond donors (Lipinski definition) is 1. The van der Waals surface area contributed by atoms with Crippen LogP contribution in [0.15, 0.2) is 0 Å². The molecule has 0 rings (SSSR count). The summed E-state index contributed by atoms with van der Waals surface area (Å²) in [5.74, 6) is 4.90. The van der Waals surface area contributed by atoms with Crippen molar-refractivity contribution in [1.82, 2.24) is 9.80 Å². The highest BCUT2D eigenvalue weighted by atomic mass is 16.6. The second kappa shape index (κ2) is 6.54. The lowest BCUT2D eigenvalue weighted by Crippen LogP contribution is -2.31. The molecule has 0 saturated carbocycles. The maximum Gasteiger partial charge on any atom is 0.0806 e. The fourth-order valence-corrected chi connectivity index (χ4v) is 0.691. The van der Waals surface area contributed by atoms with Crippen LogP contribution < -0.4 is 5.90 Å². The minimum atomic E-state index is 0.601. The molecule has 0 aliphatic carbocycles. The van der Waals surface area contributed by atoms with Gasteiger partial charge in [-0.05, 0) is 21.1 Å². The molecule has 4 heteroatoms. The Morgan fingerprint density at radius 2 is 1.73 bits per heavy atom. The van der Waals surface area contributed by atoms with E-state index in [0.29, 0.717) is 6.61 Å². The number of rotatable bonds is 6. The van der Waals surface area contributed by atoms with Crippen LogP contribution in [-0.4, -0.2) is 57.2 Å². The van der Waals surface area contributed by atoms with Crippen LogP contribution in [0, 0.1) is 0 Å². The monoisotopic (exact) mass is 161 g/mol. The lowest BCUT2D eigenvalue weighted by Gasteiger charge is -2.18. The van der Waals surface area contributed by atoms with Crippen molar-refractivity contribution in [2.45, 2.75) is 0 Å². The Labute approximate surface area is 68.9 Å². The summed E-state index contributed by atoms with van der Waals surface area (Å²) in [6.45, 7) is 3.62. The largest absolute Gasteiger partial charge is 0.308 e. The van der Waals surface area contributed by atoms with Crippen LogP contribution in [0.1, 0.15) is 0 Å².